The van der Waals surface area contributed by atoms with Gasteiger partial charge in [-0.3, -0.25) is 14.9 Å². The van der Waals surface area contributed by atoms with Crippen molar-refractivity contribution in [3.8, 4) is 11.5 Å². The third-order valence-electron chi connectivity index (χ3n) is 5.22. The van der Waals surface area contributed by atoms with Crippen LogP contribution in [-0.2, 0) is 14.3 Å². The van der Waals surface area contributed by atoms with Gasteiger partial charge in [0.2, 0.25) is 0 Å². The molecule has 0 aliphatic carbocycles. The number of nitrogens with one attached hydrogen (secondary N) is 1. The van der Waals surface area contributed by atoms with Gasteiger partial charge in [0.15, 0.2) is 6.10 Å². The van der Waals surface area contributed by atoms with Gasteiger partial charge in [-0.15, -0.1) is 0 Å². The van der Waals surface area contributed by atoms with Gasteiger partial charge in [-0.2, -0.15) is 12.6 Å². The van der Waals surface area contributed by atoms with Crippen LogP contribution in [0.2, 0.25) is 0 Å². The fourth-order valence-corrected chi connectivity index (χ4v) is 3.55. The van der Waals surface area contributed by atoms with Crippen molar-refractivity contribution in [2.45, 2.75) is 18.6 Å². The second kappa shape index (κ2) is 15.3. The number of para-hydroxylation sites is 1. The molecule has 0 radical (unpaired) electrons. The summed E-state index contributed by atoms with van der Waals surface area (Å²) in [7, 11) is 0. The first-order chi connectivity index (χ1) is 18.5. The van der Waals surface area contributed by atoms with E-state index in [4.69, 9.17) is 24.1 Å². The van der Waals surface area contributed by atoms with Gasteiger partial charge in [0.1, 0.15) is 24.2 Å². The summed E-state index contributed by atoms with van der Waals surface area (Å²) >= 11 is 3.92. The minimum atomic E-state index is -1.000. The number of hydrogen-bond acceptors (Lipinski definition) is 9. The quantitative estimate of drug-likeness (QED) is 0.220. The predicted octanol–water partition coefficient (Wildman–Crippen LogP) is 3.98. The molecular weight excluding hydrogens is 510 g/mol. The number of benzene rings is 3. The first kappa shape index (κ1) is 28.5. The van der Waals surface area contributed by atoms with Crippen molar-refractivity contribution in [3.05, 3.63) is 96.1 Å². The molecule has 9 nitrogen and oxygen atoms in total. The highest BCUT2D eigenvalue weighted by molar-refractivity contribution is 7.81. The van der Waals surface area contributed by atoms with E-state index in [2.05, 4.69) is 17.9 Å². The molecule has 3 aromatic carbocycles. The Labute approximate surface area is 226 Å². The van der Waals surface area contributed by atoms with E-state index in [1.54, 1.807) is 78.9 Å². The van der Waals surface area contributed by atoms with E-state index in [0.717, 1.165) is 0 Å². The highest BCUT2D eigenvalue weighted by atomic mass is 32.1. The zero-order valence-electron chi connectivity index (χ0n) is 20.5. The van der Waals surface area contributed by atoms with Crippen molar-refractivity contribution in [2.24, 2.45) is 0 Å². The van der Waals surface area contributed by atoms with Crippen molar-refractivity contribution in [1.29, 1.82) is 0 Å². The minimum absolute atomic E-state index is 0.0149. The summed E-state index contributed by atoms with van der Waals surface area (Å²) < 4.78 is 22.5. The second-order valence-electron chi connectivity index (χ2n) is 7.92. The van der Waals surface area contributed by atoms with Gasteiger partial charge in [-0.05, 0) is 42.0 Å². The molecular formula is C28H29NO8S. The lowest BCUT2D eigenvalue weighted by Gasteiger charge is -2.28. The van der Waals surface area contributed by atoms with E-state index < -0.39 is 30.2 Å². The van der Waals surface area contributed by atoms with E-state index in [1.165, 1.54) is 0 Å². The SMILES string of the molecule is O=C(CS)OCC[C@H](Oc1ccccc1)[C@@H](OC(=O)NC(=O)c1ccccc1)c1ccc(OCCO)cc1. The maximum absolute atomic E-state index is 12.8. The highest BCUT2D eigenvalue weighted by Gasteiger charge is 2.30. The van der Waals surface area contributed by atoms with Crippen LogP contribution >= 0.6 is 12.6 Å². The Morgan fingerprint density at radius 2 is 1.50 bits per heavy atom. The van der Waals surface area contributed by atoms with E-state index >= 15 is 0 Å². The van der Waals surface area contributed by atoms with Crippen molar-refractivity contribution in [1.82, 2.24) is 5.32 Å². The van der Waals surface area contributed by atoms with Crippen LogP contribution in [0.3, 0.4) is 0 Å². The molecule has 0 aliphatic heterocycles. The number of ether oxygens (including phenoxy) is 4. The number of rotatable bonds is 13. The zero-order chi connectivity index (χ0) is 27.2. The topological polar surface area (TPSA) is 120 Å². The standard InChI is InChI=1S/C28H29NO8S/c30-16-18-34-22-13-11-20(12-14-22)26(37-28(33)29-27(32)21-7-3-1-4-8-21)24(15-17-35-25(31)19-38)36-23-9-5-2-6-10-23/h1-14,24,26,30,38H,15-19H2,(H,29,32,33)/t24-,26-/m0/s1. The van der Waals surface area contributed by atoms with Crippen LogP contribution in [0, 0.1) is 0 Å². The first-order valence-corrected chi connectivity index (χ1v) is 12.5. The second-order valence-corrected chi connectivity index (χ2v) is 8.24. The summed E-state index contributed by atoms with van der Waals surface area (Å²) in [6, 6.07) is 23.9. The van der Waals surface area contributed by atoms with Crippen LogP contribution in [0.25, 0.3) is 0 Å². The maximum Gasteiger partial charge on any atom is 0.414 e. The van der Waals surface area contributed by atoms with Crippen molar-refractivity contribution in [2.75, 3.05) is 25.6 Å². The number of alkyl carbamates (subject to hydrolysis) is 1. The number of carbonyl (C=O) groups is 3. The largest absolute Gasteiger partial charge is 0.491 e. The number of carbonyl (C=O) groups excluding carboxylic acids is 3. The third kappa shape index (κ3) is 9.13. The number of aliphatic hydroxyl groups is 1. The number of thiol groups is 1. The Morgan fingerprint density at radius 3 is 2.13 bits per heavy atom. The average molecular weight is 540 g/mol. The molecule has 0 saturated heterocycles. The molecule has 10 heteroatoms. The Hall–Kier alpha value is -4.02. The lowest BCUT2D eigenvalue weighted by Crippen LogP contribution is -2.37. The van der Waals surface area contributed by atoms with Gasteiger partial charge < -0.3 is 24.1 Å². The molecule has 2 amide bonds. The van der Waals surface area contributed by atoms with Crippen LogP contribution in [0.5, 0.6) is 11.5 Å². The summed E-state index contributed by atoms with van der Waals surface area (Å²) in [5.74, 6) is -0.182. The van der Waals surface area contributed by atoms with Gasteiger partial charge in [0.25, 0.3) is 5.91 Å². The summed E-state index contributed by atoms with van der Waals surface area (Å²) in [6.45, 7) is -0.0281. The minimum Gasteiger partial charge on any atom is -0.491 e. The van der Waals surface area contributed by atoms with E-state index in [9.17, 15) is 14.4 Å². The van der Waals surface area contributed by atoms with Crippen LogP contribution in [-0.4, -0.2) is 54.8 Å². The summed E-state index contributed by atoms with van der Waals surface area (Å²) in [5, 5.41) is 11.2. The molecule has 0 bridgehead atoms. The van der Waals surface area contributed by atoms with Gasteiger partial charge in [-0.25, -0.2) is 4.79 Å². The van der Waals surface area contributed by atoms with E-state index in [1.807, 2.05) is 6.07 Å². The van der Waals surface area contributed by atoms with Crippen molar-refractivity contribution in [3.63, 3.8) is 0 Å². The number of amides is 2. The normalized spacial score (nSPS) is 12.1. The molecule has 0 aliphatic rings. The van der Waals surface area contributed by atoms with Gasteiger partial charge >= 0.3 is 12.1 Å². The average Bonchev–Trinajstić information content (AvgIpc) is 2.95. The summed E-state index contributed by atoms with van der Waals surface area (Å²) in [5.41, 5.74) is 0.840. The number of hydrogen-bond donors (Lipinski definition) is 3. The molecule has 200 valence electrons. The van der Waals surface area contributed by atoms with Crippen LogP contribution in [0.1, 0.15) is 28.4 Å². The van der Waals surface area contributed by atoms with E-state index in [0.29, 0.717) is 22.6 Å². The molecule has 0 saturated carbocycles. The third-order valence-corrected chi connectivity index (χ3v) is 5.48. The number of imide groups is 1. The molecule has 2 N–H and O–H groups in total. The van der Waals surface area contributed by atoms with Crippen molar-refractivity contribution < 1.29 is 38.4 Å². The Balaban J connectivity index is 1.86. The van der Waals surface area contributed by atoms with Gasteiger partial charge in [0.05, 0.1) is 19.0 Å². The van der Waals surface area contributed by atoms with Gasteiger partial charge in [0, 0.05) is 12.0 Å². The zero-order valence-corrected chi connectivity index (χ0v) is 21.4. The fraction of sp³-hybridized carbons (Fsp3) is 0.250. The molecule has 0 fully saturated rings. The molecule has 3 rings (SSSR count). The lowest BCUT2D eigenvalue weighted by atomic mass is 10.0. The smallest absolute Gasteiger partial charge is 0.414 e. The molecule has 3 aromatic rings. The molecule has 0 heterocycles. The summed E-state index contributed by atoms with van der Waals surface area (Å²) in [6.07, 6.45) is -2.60. The van der Waals surface area contributed by atoms with Crippen LogP contribution in [0.4, 0.5) is 4.79 Å². The number of esters is 1. The highest BCUT2D eigenvalue weighted by Crippen LogP contribution is 2.29. The Bertz CT molecular complexity index is 1160. The molecule has 38 heavy (non-hydrogen) atoms. The van der Waals surface area contributed by atoms with Crippen molar-refractivity contribution >= 4 is 30.6 Å². The maximum atomic E-state index is 12.8. The number of aliphatic hydroxyl groups excluding tert-OH is 1. The van der Waals surface area contributed by atoms with Crippen LogP contribution in [0.15, 0.2) is 84.9 Å². The lowest BCUT2D eigenvalue weighted by molar-refractivity contribution is -0.141. The monoisotopic (exact) mass is 539 g/mol. The van der Waals surface area contributed by atoms with Gasteiger partial charge in [-0.1, -0.05) is 48.5 Å². The molecule has 0 aromatic heterocycles. The first-order valence-electron chi connectivity index (χ1n) is 11.9. The van der Waals surface area contributed by atoms with E-state index in [-0.39, 0.29) is 32.0 Å². The molecule has 2 atom stereocenters. The Morgan fingerprint density at radius 1 is 0.842 bits per heavy atom. The molecule has 0 spiro atoms. The molecule has 0 unspecified atom stereocenters. The fourth-order valence-electron chi connectivity index (χ4n) is 3.46. The predicted molar refractivity (Wildman–Crippen MR) is 142 cm³/mol. The summed E-state index contributed by atoms with van der Waals surface area (Å²) in [4.78, 5) is 37.0. The Kier molecular flexibility index (Phi) is 11.5. The van der Waals surface area contributed by atoms with Crippen LogP contribution < -0.4 is 14.8 Å².